The second-order valence-electron chi connectivity index (χ2n) is 8.56. The minimum absolute atomic E-state index is 0.739. The van der Waals surface area contributed by atoms with Gasteiger partial charge in [-0.25, -0.2) is 0 Å². The molecular formula is C25H35N3O. The third kappa shape index (κ3) is 6.28. The number of nitrogens with zero attached hydrogens (tertiary/aromatic N) is 3. The normalized spacial score (nSPS) is 22.7. The van der Waals surface area contributed by atoms with Gasteiger partial charge < -0.3 is 9.64 Å². The van der Waals surface area contributed by atoms with Crippen LogP contribution in [0.15, 0.2) is 48.8 Å². The SMILES string of the molecule is c1cc2cc(c1)OCCN(Cc1ccncc1)CCCCN1CCCCC1CC2. The Morgan fingerprint density at radius 3 is 2.62 bits per heavy atom. The first kappa shape index (κ1) is 20.4. The minimum atomic E-state index is 0.739. The zero-order chi connectivity index (χ0) is 19.7. The van der Waals surface area contributed by atoms with E-state index in [1.807, 2.05) is 12.4 Å². The van der Waals surface area contributed by atoms with Crippen molar-refractivity contribution in [3.63, 3.8) is 0 Å². The standard InChI is InChI=1S/C25H35N3O/c1-2-16-28-17-4-3-15-27(21-23-11-13-26-14-12-23)18-19-29-25-8-5-6-22(20-25)9-10-24(28)7-1/h5-6,8,11-14,20,24H,1-4,7,9-10,15-19,21H2. The van der Waals surface area contributed by atoms with Gasteiger partial charge in [-0.2, -0.15) is 0 Å². The number of aromatic nitrogens is 1. The molecule has 0 spiro atoms. The van der Waals surface area contributed by atoms with Crippen LogP contribution in [-0.4, -0.2) is 53.6 Å². The first-order valence-corrected chi connectivity index (χ1v) is 11.4. The Kier molecular flexibility index (Phi) is 7.55. The van der Waals surface area contributed by atoms with Crippen LogP contribution in [0.2, 0.25) is 0 Å². The van der Waals surface area contributed by atoms with Crippen LogP contribution in [0.1, 0.15) is 49.7 Å². The molecule has 156 valence electrons. The van der Waals surface area contributed by atoms with Gasteiger partial charge in [-0.05, 0) is 93.6 Å². The lowest BCUT2D eigenvalue weighted by atomic mass is 9.95. The Morgan fingerprint density at radius 1 is 0.897 bits per heavy atom. The number of benzene rings is 1. The largest absolute Gasteiger partial charge is 0.492 e. The molecule has 1 aromatic carbocycles. The highest BCUT2D eigenvalue weighted by molar-refractivity contribution is 5.28. The van der Waals surface area contributed by atoms with Gasteiger partial charge in [0.15, 0.2) is 0 Å². The number of hydrogen-bond acceptors (Lipinski definition) is 4. The molecule has 2 aliphatic rings. The van der Waals surface area contributed by atoms with Crippen LogP contribution >= 0.6 is 0 Å². The van der Waals surface area contributed by atoms with Crippen molar-refractivity contribution in [2.75, 3.05) is 32.8 Å². The van der Waals surface area contributed by atoms with Crippen molar-refractivity contribution in [1.29, 1.82) is 0 Å². The molecule has 0 N–H and O–H groups in total. The van der Waals surface area contributed by atoms with Gasteiger partial charge in [0.25, 0.3) is 0 Å². The summed E-state index contributed by atoms with van der Waals surface area (Å²) in [5.41, 5.74) is 2.74. The van der Waals surface area contributed by atoms with Crippen molar-refractivity contribution in [2.45, 2.75) is 57.5 Å². The molecule has 2 bridgehead atoms. The van der Waals surface area contributed by atoms with E-state index in [-0.39, 0.29) is 0 Å². The number of pyridine rings is 1. The quantitative estimate of drug-likeness (QED) is 0.749. The van der Waals surface area contributed by atoms with Crippen LogP contribution < -0.4 is 4.74 Å². The van der Waals surface area contributed by atoms with Gasteiger partial charge in [-0.3, -0.25) is 9.88 Å². The number of hydrogen-bond donors (Lipinski definition) is 0. The van der Waals surface area contributed by atoms with Gasteiger partial charge in [-0.1, -0.05) is 18.6 Å². The summed E-state index contributed by atoms with van der Waals surface area (Å²) in [7, 11) is 0. The predicted molar refractivity (Wildman–Crippen MR) is 118 cm³/mol. The summed E-state index contributed by atoms with van der Waals surface area (Å²) in [4.78, 5) is 9.46. The van der Waals surface area contributed by atoms with Crippen molar-refractivity contribution in [3.8, 4) is 5.75 Å². The molecule has 1 unspecified atom stereocenters. The van der Waals surface area contributed by atoms with Gasteiger partial charge in [0.05, 0.1) is 0 Å². The van der Waals surface area contributed by atoms with Crippen molar-refractivity contribution in [2.24, 2.45) is 0 Å². The van der Waals surface area contributed by atoms with Gasteiger partial charge in [0, 0.05) is 31.5 Å². The average molecular weight is 394 g/mol. The lowest BCUT2D eigenvalue weighted by molar-refractivity contribution is 0.134. The fourth-order valence-electron chi connectivity index (χ4n) is 4.76. The smallest absolute Gasteiger partial charge is 0.119 e. The number of fused-ring (bicyclic) bond motifs is 3. The second kappa shape index (κ2) is 10.7. The fraction of sp³-hybridized carbons (Fsp3) is 0.560. The molecule has 3 heterocycles. The summed E-state index contributed by atoms with van der Waals surface area (Å²) in [6, 6.07) is 13.8. The van der Waals surface area contributed by atoms with Crippen LogP contribution in [0.25, 0.3) is 0 Å². The molecule has 0 radical (unpaired) electrons. The maximum atomic E-state index is 6.13. The van der Waals surface area contributed by atoms with E-state index in [1.165, 1.54) is 62.7 Å². The second-order valence-corrected chi connectivity index (χ2v) is 8.56. The summed E-state index contributed by atoms with van der Waals surface area (Å²) in [5.74, 6) is 1.02. The highest BCUT2D eigenvalue weighted by Gasteiger charge is 2.22. The monoisotopic (exact) mass is 393 g/mol. The molecule has 0 aliphatic carbocycles. The first-order chi connectivity index (χ1) is 14.4. The lowest BCUT2D eigenvalue weighted by Gasteiger charge is -2.36. The van der Waals surface area contributed by atoms with Crippen molar-refractivity contribution in [3.05, 3.63) is 59.9 Å². The maximum Gasteiger partial charge on any atom is 0.119 e. The van der Waals surface area contributed by atoms with E-state index >= 15 is 0 Å². The van der Waals surface area contributed by atoms with Crippen molar-refractivity contribution < 1.29 is 4.74 Å². The zero-order valence-corrected chi connectivity index (χ0v) is 17.6. The topological polar surface area (TPSA) is 28.6 Å². The summed E-state index contributed by atoms with van der Waals surface area (Å²) < 4.78 is 6.13. The Morgan fingerprint density at radius 2 is 1.72 bits per heavy atom. The van der Waals surface area contributed by atoms with E-state index in [1.54, 1.807) is 0 Å². The van der Waals surface area contributed by atoms with E-state index in [9.17, 15) is 0 Å². The molecule has 0 amide bonds. The summed E-state index contributed by atoms with van der Waals surface area (Å²) in [5, 5.41) is 0. The molecule has 2 aliphatic heterocycles. The minimum Gasteiger partial charge on any atom is -0.492 e. The van der Waals surface area contributed by atoms with Crippen molar-refractivity contribution >= 4 is 0 Å². The molecule has 4 nitrogen and oxygen atoms in total. The average Bonchev–Trinajstić information content (AvgIpc) is 2.76. The van der Waals surface area contributed by atoms with E-state index < -0.39 is 0 Å². The third-order valence-corrected chi connectivity index (χ3v) is 6.42. The Hall–Kier alpha value is -1.91. The van der Waals surface area contributed by atoms with Gasteiger partial charge >= 0.3 is 0 Å². The van der Waals surface area contributed by atoms with E-state index in [4.69, 9.17) is 4.74 Å². The molecule has 4 rings (SSSR count). The summed E-state index contributed by atoms with van der Waals surface area (Å²) in [6.07, 6.45) is 12.9. The zero-order valence-electron chi connectivity index (χ0n) is 17.6. The van der Waals surface area contributed by atoms with Gasteiger partial charge in [-0.15, -0.1) is 0 Å². The number of aryl methyl sites for hydroxylation is 1. The fourth-order valence-corrected chi connectivity index (χ4v) is 4.76. The molecule has 4 heteroatoms. The number of ether oxygens (including phenoxy) is 1. The molecule has 2 aromatic rings. The Balaban J connectivity index is 1.44. The lowest BCUT2D eigenvalue weighted by Crippen LogP contribution is -2.40. The first-order valence-electron chi connectivity index (χ1n) is 11.4. The van der Waals surface area contributed by atoms with Gasteiger partial charge in [0.2, 0.25) is 0 Å². The van der Waals surface area contributed by atoms with E-state index in [2.05, 4.69) is 51.2 Å². The molecule has 1 atom stereocenters. The highest BCUT2D eigenvalue weighted by Crippen LogP contribution is 2.23. The summed E-state index contributed by atoms with van der Waals surface area (Å²) in [6.45, 7) is 6.34. The van der Waals surface area contributed by atoms with Crippen molar-refractivity contribution in [1.82, 2.24) is 14.8 Å². The van der Waals surface area contributed by atoms with E-state index in [0.717, 1.165) is 44.5 Å². The Labute approximate surface area is 175 Å². The van der Waals surface area contributed by atoms with E-state index in [0.29, 0.717) is 0 Å². The highest BCUT2D eigenvalue weighted by atomic mass is 16.5. The van der Waals surface area contributed by atoms with Crippen LogP contribution in [0.3, 0.4) is 0 Å². The van der Waals surface area contributed by atoms with Crippen LogP contribution in [0.5, 0.6) is 5.75 Å². The molecule has 29 heavy (non-hydrogen) atoms. The molecule has 0 saturated carbocycles. The van der Waals surface area contributed by atoms with Crippen LogP contribution in [-0.2, 0) is 13.0 Å². The Bertz CT molecular complexity index is 736. The predicted octanol–water partition coefficient (Wildman–Crippen LogP) is 4.54. The molecule has 1 fully saturated rings. The molecule has 1 aromatic heterocycles. The third-order valence-electron chi connectivity index (χ3n) is 6.42. The number of rotatable bonds is 2. The van der Waals surface area contributed by atoms with Gasteiger partial charge in [0.1, 0.15) is 12.4 Å². The van der Waals surface area contributed by atoms with Crippen LogP contribution in [0, 0.1) is 0 Å². The van der Waals surface area contributed by atoms with Crippen LogP contribution in [0.4, 0.5) is 0 Å². The maximum absolute atomic E-state index is 6.13. The molecule has 1 saturated heterocycles. The summed E-state index contributed by atoms with van der Waals surface area (Å²) >= 11 is 0. The number of piperidine rings is 1. The molecular weight excluding hydrogens is 358 g/mol.